The van der Waals surface area contributed by atoms with Gasteiger partial charge in [-0.25, -0.2) is 13.1 Å². The highest BCUT2D eigenvalue weighted by atomic mass is 32.2. The summed E-state index contributed by atoms with van der Waals surface area (Å²) in [7, 11) is -3.74. The Balaban J connectivity index is 1.33. The molecule has 0 unspecified atom stereocenters. The number of hydrogen-bond donors (Lipinski definition) is 1. The van der Waals surface area contributed by atoms with Gasteiger partial charge in [0, 0.05) is 26.2 Å². The SMILES string of the molecule is O=C(c1ccco1)N1CCN([C@@H]2c3cccc4cccc(c34)[C@@H]2NS(=O)(=O)c2ccccc2)CC1. The van der Waals surface area contributed by atoms with Crippen LogP contribution >= 0.6 is 0 Å². The maximum absolute atomic E-state index is 13.4. The number of amides is 1. The Labute approximate surface area is 204 Å². The van der Waals surface area contributed by atoms with Crippen molar-refractivity contribution in [3.8, 4) is 0 Å². The van der Waals surface area contributed by atoms with Crippen LogP contribution in [0.1, 0.15) is 33.8 Å². The summed E-state index contributed by atoms with van der Waals surface area (Å²) in [6.45, 7) is 2.34. The Morgan fingerprint density at radius 2 is 1.54 bits per heavy atom. The molecule has 1 N–H and O–H groups in total. The normalized spacial score (nSPS) is 20.4. The molecule has 2 atom stereocenters. The number of rotatable bonds is 5. The van der Waals surface area contributed by atoms with E-state index >= 15 is 0 Å². The van der Waals surface area contributed by atoms with Crippen LogP contribution in [0.2, 0.25) is 0 Å². The second-order valence-corrected chi connectivity index (χ2v) is 10.7. The molecule has 0 saturated carbocycles. The van der Waals surface area contributed by atoms with E-state index in [-0.39, 0.29) is 16.8 Å². The van der Waals surface area contributed by atoms with Crippen LogP contribution < -0.4 is 4.72 Å². The highest BCUT2D eigenvalue weighted by molar-refractivity contribution is 7.89. The summed E-state index contributed by atoms with van der Waals surface area (Å²) in [6, 6.07) is 23.5. The van der Waals surface area contributed by atoms with E-state index in [2.05, 4.69) is 27.8 Å². The molecule has 35 heavy (non-hydrogen) atoms. The molecule has 1 fully saturated rings. The lowest BCUT2D eigenvalue weighted by molar-refractivity contribution is 0.0512. The standard InChI is InChI=1S/C27H25N3O4S/c31-27(23-13-6-18-34-23)30-16-14-29(15-17-30)26-22-12-5-8-19-7-4-11-21(24(19)22)25(26)28-35(32,33)20-9-2-1-3-10-20/h1-13,18,25-26,28H,14-17H2/t25-,26+/m0/s1. The van der Waals surface area contributed by atoms with Crippen LogP contribution in [0.3, 0.4) is 0 Å². The number of furan rings is 1. The smallest absolute Gasteiger partial charge is 0.289 e. The molecule has 8 heteroatoms. The van der Waals surface area contributed by atoms with Gasteiger partial charge in [0.15, 0.2) is 5.76 Å². The fourth-order valence-electron chi connectivity index (χ4n) is 5.38. The molecule has 0 radical (unpaired) electrons. The van der Waals surface area contributed by atoms with Crippen LogP contribution in [0.25, 0.3) is 10.8 Å². The molecular weight excluding hydrogens is 462 g/mol. The maximum Gasteiger partial charge on any atom is 0.289 e. The number of sulfonamides is 1. The van der Waals surface area contributed by atoms with Gasteiger partial charge in [-0.15, -0.1) is 0 Å². The number of piperazine rings is 1. The second kappa shape index (κ2) is 8.64. The van der Waals surface area contributed by atoms with Crippen molar-refractivity contribution >= 4 is 26.7 Å². The number of carbonyl (C=O) groups excluding carboxylic acids is 1. The van der Waals surface area contributed by atoms with Crippen LogP contribution in [-0.4, -0.2) is 50.3 Å². The molecule has 1 aromatic heterocycles. The zero-order valence-electron chi connectivity index (χ0n) is 19.0. The average Bonchev–Trinajstić information content (AvgIpc) is 3.53. The zero-order valence-corrected chi connectivity index (χ0v) is 19.8. The molecule has 178 valence electrons. The highest BCUT2D eigenvalue weighted by Gasteiger charge is 2.41. The second-order valence-electron chi connectivity index (χ2n) is 8.95. The minimum atomic E-state index is -3.74. The predicted octanol–water partition coefficient (Wildman–Crippen LogP) is 3.97. The summed E-state index contributed by atoms with van der Waals surface area (Å²) in [5.41, 5.74) is 2.10. The van der Waals surface area contributed by atoms with E-state index < -0.39 is 16.1 Å². The Bertz CT molecular complexity index is 1470. The molecule has 1 amide bonds. The molecule has 7 nitrogen and oxygen atoms in total. The van der Waals surface area contributed by atoms with Gasteiger partial charge in [0.2, 0.25) is 10.0 Å². The Hall–Kier alpha value is -3.46. The van der Waals surface area contributed by atoms with Crippen molar-refractivity contribution in [3.63, 3.8) is 0 Å². The quantitative estimate of drug-likeness (QED) is 0.461. The van der Waals surface area contributed by atoms with Gasteiger partial charge in [-0.3, -0.25) is 9.69 Å². The molecule has 1 saturated heterocycles. The van der Waals surface area contributed by atoms with Crippen LogP contribution in [0.5, 0.6) is 0 Å². The predicted molar refractivity (Wildman–Crippen MR) is 132 cm³/mol. The van der Waals surface area contributed by atoms with Gasteiger partial charge in [0.05, 0.1) is 23.2 Å². The lowest BCUT2D eigenvalue weighted by atomic mass is 10.0. The zero-order chi connectivity index (χ0) is 24.0. The third kappa shape index (κ3) is 3.83. The minimum Gasteiger partial charge on any atom is -0.459 e. The first-order valence-electron chi connectivity index (χ1n) is 11.7. The Kier molecular flexibility index (Phi) is 5.44. The first kappa shape index (κ1) is 22.0. The van der Waals surface area contributed by atoms with E-state index in [1.165, 1.54) is 6.26 Å². The van der Waals surface area contributed by atoms with Gasteiger partial charge in [-0.1, -0.05) is 54.6 Å². The first-order chi connectivity index (χ1) is 17.0. The van der Waals surface area contributed by atoms with Crippen molar-refractivity contribution in [1.82, 2.24) is 14.5 Å². The summed E-state index contributed by atoms with van der Waals surface area (Å²) in [6.07, 6.45) is 1.50. The molecule has 1 aliphatic carbocycles. The van der Waals surface area contributed by atoms with Gasteiger partial charge in [-0.05, 0) is 46.2 Å². The minimum absolute atomic E-state index is 0.118. The van der Waals surface area contributed by atoms with E-state index in [1.807, 2.05) is 18.2 Å². The first-order valence-corrected chi connectivity index (χ1v) is 13.2. The fraction of sp³-hybridized carbons (Fsp3) is 0.222. The average molecular weight is 488 g/mol. The number of benzene rings is 3. The number of nitrogens with one attached hydrogen (secondary N) is 1. The Morgan fingerprint density at radius 3 is 2.23 bits per heavy atom. The monoisotopic (exact) mass is 487 g/mol. The van der Waals surface area contributed by atoms with Gasteiger partial charge < -0.3 is 9.32 Å². The van der Waals surface area contributed by atoms with Gasteiger partial charge in [0.1, 0.15) is 0 Å². The van der Waals surface area contributed by atoms with E-state index in [4.69, 9.17) is 4.42 Å². The molecule has 1 aliphatic heterocycles. The number of hydrogen-bond acceptors (Lipinski definition) is 5. The van der Waals surface area contributed by atoms with Crippen molar-refractivity contribution in [2.45, 2.75) is 17.0 Å². The van der Waals surface area contributed by atoms with Gasteiger partial charge in [0.25, 0.3) is 5.91 Å². The molecule has 6 rings (SSSR count). The summed E-state index contributed by atoms with van der Waals surface area (Å²) < 4.78 is 35.0. The molecule has 0 bridgehead atoms. The van der Waals surface area contributed by atoms with Crippen molar-refractivity contribution in [3.05, 3.63) is 102 Å². The van der Waals surface area contributed by atoms with Crippen LogP contribution in [0.15, 0.2) is 94.4 Å². The summed E-state index contributed by atoms with van der Waals surface area (Å²) >= 11 is 0. The van der Waals surface area contributed by atoms with Crippen molar-refractivity contribution in [2.24, 2.45) is 0 Å². The lowest BCUT2D eigenvalue weighted by Gasteiger charge is -2.40. The largest absolute Gasteiger partial charge is 0.459 e. The Morgan fingerprint density at radius 1 is 0.829 bits per heavy atom. The summed E-state index contributed by atoms with van der Waals surface area (Å²) in [5, 5.41) is 2.20. The van der Waals surface area contributed by atoms with E-state index in [1.54, 1.807) is 47.4 Å². The number of carbonyl (C=O) groups is 1. The summed E-state index contributed by atoms with van der Waals surface area (Å²) in [4.78, 5) is 17.1. The summed E-state index contributed by atoms with van der Waals surface area (Å²) in [5.74, 6) is 0.220. The van der Waals surface area contributed by atoms with Crippen molar-refractivity contribution in [1.29, 1.82) is 0 Å². The van der Waals surface area contributed by atoms with Crippen LogP contribution in [0.4, 0.5) is 0 Å². The number of nitrogens with zero attached hydrogens (tertiary/aromatic N) is 2. The van der Waals surface area contributed by atoms with Crippen LogP contribution in [0, 0.1) is 0 Å². The lowest BCUT2D eigenvalue weighted by Crippen LogP contribution is -2.51. The van der Waals surface area contributed by atoms with E-state index in [0.29, 0.717) is 31.9 Å². The molecule has 4 aromatic rings. The molecule has 0 spiro atoms. The molecule has 3 aromatic carbocycles. The van der Waals surface area contributed by atoms with Gasteiger partial charge >= 0.3 is 0 Å². The van der Waals surface area contributed by atoms with Gasteiger partial charge in [-0.2, -0.15) is 0 Å². The van der Waals surface area contributed by atoms with E-state index in [9.17, 15) is 13.2 Å². The van der Waals surface area contributed by atoms with Crippen LogP contribution in [-0.2, 0) is 10.0 Å². The van der Waals surface area contributed by atoms with E-state index in [0.717, 1.165) is 21.9 Å². The topological polar surface area (TPSA) is 82.9 Å². The molecule has 2 aliphatic rings. The highest BCUT2D eigenvalue weighted by Crippen LogP contribution is 2.47. The maximum atomic E-state index is 13.4. The molecular formula is C27H25N3O4S. The van der Waals surface area contributed by atoms with Crippen molar-refractivity contribution < 1.29 is 17.6 Å². The fourth-order valence-corrected chi connectivity index (χ4v) is 6.63. The molecule has 2 heterocycles. The third-order valence-corrected chi connectivity index (χ3v) is 8.46. The third-order valence-electron chi connectivity index (χ3n) is 7.00. The van der Waals surface area contributed by atoms with Crippen molar-refractivity contribution in [2.75, 3.05) is 26.2 Å².